The lowest BCUT2D eigenvalue weighted by Crippen LogP contribution is -2.24. The van der Waals surface area contributed by atoms with E-state index in [9.17, 15) is 13.2 Å². The Morgan fingerprint density at radius 3 is 2.40 bits per heavy atom. The molecule has 20 heavy (non-hydrogen) atoms. The molecule has 0 unspecified atom stereocenters. The van der Waals surface area contributed by atoms with Crippen molar-refractivity contribution in [3.05, 3.63) is 23.3 Å². The Morgan fingerprint density at radius 2 is 1.90 bits per heavy atom. The number of hydrogen-bond donors (Lipinski definition) is 1. The Labute approximate surface area is 116 Å². The number of benzene rings is 1. The molecule has 1 N–H and O–H groups in total. The summed E-state index contributed by atoms with van der Waals surface area (Å²) in [6.07, 6.45) is -1.71. The first-order valence-electron chi connectivity index (χ1n) is 6.51. The molecule has 1 aliphatic heterocycles. The zero-order valence-corrected chi connectivity index (χ0v) is 11.5. The molecule has 1 saturated heterocycles. The highest BCUT2D eigenvalue weighted by molar-refractivity contribution is 5.48. The Morgan fingerprint density at radius 1 is 1.20 bits per heavy atom. The number of ether oxygens (including phenoxy) is 2. The third kappa shape index (κ3) is 3.17. The molecule has 1 fully saturated rings. The standard InChI is InChI=1S/C14H18F3NO2/c1-19-12-8-11(14(15,16)17)13(20-2)7-9(12)6-10-4-3-5-18-10/h7-8,10,18H,3-6H2,1-2H3/t10-/m1/s1. The molecule has 0 aliphatic carbocycles. The van der Waals surface area contributed by atoms with Crippen LogP contribution in [0.15, 0.2) is 12.1 Å². The summed E-state index contributed by atoms with van der Waals surface area (Å²) in [7, 11) is 2.63. The molecule has 0 aromatic heterocycles. The summed E-state index contributed by atoms with van der Waals surface area (Å²) in [6.45, 7) is 0.949. The predicted octanol–water partition coefficient (Wildman–Crippen LogP) is 3.02. The zero-order valence-electron chi connectivity index (χ0n) is 11.5. The minimum atomic E-state index is -4.46. The molecule has 1 aliphatic rings. The van der Waals surface area contributed by atoms with Crippen molar-refractivity contribution in [2.45, 2.75) is 31.5 Å². The van der Waals surface area contributed by atoms with Crippen LogP contribution in [0.25, 0.3) is 0 Å². The van der Waals surface area contributed by atoms with E-state index in [0.717, 1.165) is 31.0 Å². The van der Waals surface area contributed by atoms with E-state index < -0.39 is 11.7 Å². The van der Waals surface area contributed by atoms with Crippen molar-refractivity contribution in [1.82, 2.24) is 5.32 Å². The number of rotatable bonds is 4. The molecule has 1 aromatic carbocycles. The quantitative estimate of drug-likeness (QED) is 0.924. The second kappa shape index (κ2) is 5.91. The number of alkyl halides is 3. The second-order valence-corrected chi connectivity index (χ2v) is 4.86. The normalized spacial score (nSPS) is 19.1. The van der Waals surface area contributed by atoms with Gasteiger partial charge in [0.25, 0.3) is 0 Å². The first kappa shape index (κ1) is 15.0. The van der Waals surface area contributed by atoms with Crippen LogP contribution in [-0.2, 0) is 12.6 Å². The highest BCUT2D eigenvalue weighted by atomic mass is 19.4. The SMILES string of the molecule is COc1cc(C(F)(F)F)c(OC)cc1C[C@H]1CCCN1. The molecule has 112 valence electrons. The predicted molar refractivity (Wildman–Crippen MR) is 69.3 cm³/mol. The average molecular weight is 289 g/mol. The highest BCUT2D eigenvalue weighted by Crippen LogP contribution is 2.40. The van der Waals surface area contributed by atoms with E-state index in [0.29, 0.717) is 6.42 Å². The number of hydrogen-bond acceptors (Lipinski definition) is 3. The molecule has 0 bridgehead atoms. The van der Waals surface area contributed by atoms with Crippen LogP contribution in [-0.4, -0.2) is 26.8 Å². The fourth-order valence-corrected chi connectivity index (χ4v) is 2.54. The largest absolute Gasteiger partial charge is 0.496 e. The molecular weight excluding hydrogens is 271 g/mol. The Hall–Kier alpha value is -1.43. The minimum absolute atomic E-state index is 0.161. The number of nitrogens with one attached hydrogen (secondary N) is 1. The van der Waals surface area contributed by atoms with E-state index >= 15 is 0 Å². The van der Waals surface area contributed by atoms with Gasteiger partial charge in [0.05, 0.1) is 14.2 Å². The van der Waals surface area contributed by atoms with Crippen LogP contribution in [0, 0.1) is 0 Å². The first-order chi connectivity index (χ1) is 9.45. The molecule has 0 amide bonds. The molecule has 0 saturated carbocycles. The van der Waals surface area contributed by atoms with Crippen LogP contribution < -0.4 is 14.8 Å². The van der Waals surface area contributed by atoms with Crippen LogP contribution in [0.4, 0.5) is 13.2 Å². The number of halogens is 3. The van der Waals surface area contributed by atoms with Crippen LogP contribution >= 0.6 is 0 Å². The monoisotopic (exact) mass is 289 g/mol. The molecule has 1 aromatic rings. The van der Waals surface area contributed by atoms with Gasteiger partial charge >= 0.3 is 6.18 Å². The Bertz CT molecular complexity index is 468. The van der Waals surface area contributed by atoms with Crippen LogP contribution in [0.3, 0.4) is 0 Å². The maximum atomic E-state index is 12.9. The van der Waals surface area contributed by atoms with Gasteiger partial charge in [0.2, 0.25) is 0 Å². The van der Waals surface area contributed by atoms with Gasteiger partial charge in [0, 0.05) is 6.04 Å². The summed E-state index contributed by atoms with van der Waals surface area (Å²) in [6, 6.07) is 2.73. The fourth-order valence-electron chi connectivity index (χ4n) is 2.54. The van der Waals surface area contributed by atoms with Crippen LogP contribution in [0.1, 0.15) is 24.0 Å². The average Bonchev–Trinajstić information content (AvgIpc) is 2.89. The highest BCUT2D eigenvalue weighted by Gasteiger charge is 2.35. The van der Waals surface area contributed by atoms with E-state index in [-0.39, 0.29) is 17.5 Å². The van der Waals surface area contributed by atoms with Gasteiger partial charge in [-0.15, -0.1) is 0 Å². The Kier molecular flexibility index (Phi) is 4.42. The van der Waals surface area contributed by atoms with Crippen molar-refractivity contribution in [3.63, 3.8) is 0 Å². The molecule has 0 radical (unpaired) electrons. The maximum Gasteiger partial charge on any atom is 0.420 e. The Balaban J connectivity index is 2.36. The summed E-state index contributed by atoms with van der Waals surface area (Å²) in [5, 5.41) is 3.32. The van der Waals surface area contributed by atoms with Crippen molar-refractivity contribution in [1.29, 1.82) is 0 Å². The third-order valence-corrected chi connectivity index (χ3v) is 3.54. The second-order valence-electron chi connectivity index (χ2n) is 4.86. The lowest BCUT2D eigenvalue weighted by molar-refractivity contribution is -0.138. The van der Waals surface area contributed by atoms with E-state index in [1.54, 1.807) is 0 Å². The van der Waals surface area contributed by atoms with E-state index in [4.69, 9.17) is 9.47 Å². The number of methoxy groups -OCH3 is 2. The molecule has 2 rings (SSSR count). The van der Waals surface area contributed by atoms with Gasteiger partial charge in [-0.05, 0) is 43.5 Å². The summed E-state index contributed by atoms with van der Waals surface area (Å²) in [5.74, 6) is 0.0955. The molecule has 3 nitrogen and oxygen atoms in total. The fraction of sp³-hybridized carbons (Fsp3) is 0.571. The first-order valence-corrected chi connectivity index (χ1v) is 6.51. The van der Waals surface area contributed by atoms with Gasteiger partial charge in [-0.3, -0.25) is 0 Å². The van der Waals surface area contributed by atoms with E-state index in [1.165, 1.54) is 20.3 Å². The van der Waals surface area contributed by atoms with Gasteiger partial charge in [0.1, 0.15) is 17.1 Å². The lowest BCUT2D eigenvalue weighted by Gasteiger charge is -2.18. The van der Waals surface area contributed by atoms with Crippen LogP contribution in [0.2, 0.25) is 0 Å². The smallest absolute Gasteiger partial charge is 0.420 e. The van der Waals surface area contributed by atoms with Gasteiger partial charge < -0.3 is 14.8 Å². The van der Waals surface area contributed by atoms with Crippen molar-refractivity contribution >= 4 is 0 Å². The summed E-state index contributed by atoms with van der Waals surface area (Å²) >= 11 is 0. The summed E-state index contributed by atoms with van der Waals surface area (Å²) in [5.41, 5.74) is -0.0725. The van der Waals surface area contributed by atoms with Crippen molar-refractivity contribution in [3.8, 4) is 11.5 Å². The van der Waals surface area contributed by atoms with Gasteiger partial charge in [-0.1, -0.05) is 0 Å². The van der Waals surface area contributed by atoms with Crippen LogP contribution in [0.5, 0.6) is 11.5 Å². The van der Waals surface area contributed by atoms with E-state index in [1.807, 2.05) is 0 Å². The lowest BCUT2D eigenvalue weighted by atomic mass is 10.0. The third-order valence-electron chi connectivity index (χ3n) is 3.54. The van der Waals surface area contributed by atoms with Crippen molar-refractivity contribution in [2.24, 2.45) is 0 Å². The van der Waals surface area contributed by atoms with Gasteiger partial charge in [-0.25, -0.2) is 0 Å². The topological polar surface area (TPSA) is 30.5 Å². The molecular formula is C14H18F3NO2. The van der Waals surface area contributed by atoms with Crippen molar-refractivity contribution in [2.75, 3.05) is 20.8 Å². The van der Waals surface area contributed by atoms with Gasteiger partial charge in [0.15, 0.2) is 0 Å². The summed E-state index contributed by atoms with van der Waals surface area (Å²) in [4.78, 5) is 0. The van der Waals surface area contributed by atoms with Gasteiger partial charge in [-0.2, -0.15) is 13.2 Å². The maximum absolute atomic E-state index is 12.9. The summed E-state index contributed by atoms with van der Waals surface area (Å²) < 4.78 is 48.8. The molecule has 0 spiro atoms. The van der Waals surface area contributed by atoms with E-state index in [2.05, 4.69) is 5.32 Å². The zero-order chi connectivity index (χ0) is 14.8. The molecule has 1 heterocycles. The molecule has 1 atom stereocenters. The van der Waals surface area contributed by atoms with Crippen molar-refractivity contribution < 1.29 is 22.6 Å². The molecule has 6 heteroatoms. The minimum Gasteiger partial charge on any atom is -0.496 e.